The molecule has 1 N–H and O–H groups in total. The van der Waals surface area contributed by atoms with Crippen LogP contribution >= 0.6 is 0 Å². The Morgan fingerprint density at radius 2 is 2.57 bits per heavy atom. The van der Waals surface area contributed by atoms with Gasteiger partial charge in [0.25, 0.3) is 0 Å². The fourth-order valence-corrected chi connectivity index (χ4v) is 0.664. The van der Waals surface area contributed by atoms with Gasteiger partial charge in [-0.15, -0.1) is 0 Å². The number of hydrogen-bond acceptors (Lipinski definition) is 1. The van der Waals surface area contributed by atoms with Crippen molar-refractivity contribution in [3.05, 3.63) is 24.0 Å². The summed E-state index contributed by atoms with van der Waals surface area (Å²) in [5.41, 5.74) is 2.47. The average molecular weight is 95.1 g/mol. The second-order valence-corrected chi connectivity index (χ2v) is 1.92. The topological polar surface area (TPSA) is 12.0 Å². The van der Waals surface area contributed by atoms with Crippen LogP contribution in [0.1, 0.15) is 13.3 Å². The Morgan fingerprint density at radius 3 is 2.71 bits per heavy atom. The summed E-state index contributed by atoms with van der Waals surface area (Å²) < 4.78 is 0. The first-order valence-electron chi connectivity index (χ1n) is 2.39. The highest BCUT2D eigenvalue weighted by Crippen LogP contribution is 2.10. The van der Waals surface area contributed by atoms with Crippen LogP contribution < -0.4 is 5.32 Å². The van der Waals surface area contributed by atoms with Gasteiger partial charge in [0.2, 0.25) is 0 Å². The third-order valence-electron chi connectivity index (χ3n) is 1.01. The fourth-order valence-electron chi connectivity index (χ4n) is 0.664. The molecule has 1 nitrogen and oxygen atoms in total. The lowest BCUT2D eigenvalue weighted by atomic mass is 10.2. The summed E-state index contributed by atoms with van der Waals surface area (Å²) in [4.78, 5) is 0. The van der Waals surface area contributed by atoms with Crippen LogP contribution in [0, 0.1) is 0 Å². The van der Waals surface area contributed by atoms with Gasteiger partial charge in [-0.05, 0) is 13.1 Å². The van der Waals surface area contributed by atoms with Crippen molar-refractivity contribution in [3.63, 3.8) is 0 Å². The second-order valence-electron chi connectivity index (χ2n) is 1.92. The van der Waals surface area contributed by atoms with Gasteiger partial charge in [0.1, 0.15) is 0 Å². The van der Waals surface area contributed by atoms with Gasteiger partial charge in [-0.25, -0.2) is 0 Å². The Morgan fingerprint density at radius 1 is 1.86 bits per heavy atom. The van der Waals surface area contributed by atoms with Gasteiger partial charge in [-0.2, -0.15) is 0 Å². The Bertz CT molecular complexity index is 122. The van der Waals surface area contributed by atoms with E-state index in [9.17, 15) is 0 Å². The van der Waals surface area contributed by atoms with E-state index in [1.165, 1.54) is 5.57 Å². The fraction of sp³-hybridized carbons (Fsp3) is 0.333. The minimum atomic E-state index is 1.03. The highest BCUT2D eigenvalue weighted by atomic mass is 14.9. The van der Waals surface area contributed by atoms with E-state index >= 15 is 0 Å². The van der Waals surface area contributed by atoms with E-state index in [2.05, 4.69) is 18.8 Å². The third kappa shape index (κ3) is 0.829. The van der Waals surface area contributed by atoms with E-state index in [-0.39, 0.29) is 0 Å². The maximum atomic E-state index is 3.74. The third-order valence-corrected chi connectivity index (χ3v) is 1.01. The molecule has 0 saturated heterocycles. The van der Waals surface area contributed by atoms with Crippen molar-refractivity contribution < 1.29 is 0 Å². The molecule has 0 amide bonds. The van der Waals surface area contributed by atoms with E-state index in [1.54, 1.807) is 0 Å². The van der Waals surface area contributed by atoms with Crippen molar-refractivity contribution in [2.75, 3.05) is 0 Å². The molecule has 1 heterocycles. The maximum Gasteiger partial charge on any atom is 0.0115 e. The summed E-state index contributed by atoms with van der Waals surface area (Å²) in [6.45, 7) is 5.83. The first kappa shape index (κ1) is 4.44. The molecule has 0 aromatic rings. The van der Waals surface area contributed by atoms with E-state index in [0.717, 1.165) is 12.1 Å². The van der Waals surface area contributed by atoms with Crippen LogP contribution in [0.3, 0.4) is 0 Å². The molecule has 0 unspecified atom stereocenters. The first-order chi connectivity index (χ1) is 3.29. The van der Waals surface area contributed by atoms with Crippen LogP contribution in [0.5, 0.6) is 0 Å². The van der Waals surface area contributed by atoms with Crippen LogP contribution in [0.2, 0.25) is 0 Å². The lowest BCUT2D eigenvalue weighted by Crippen LogP contribution is -1.93. The lowest BCUT2D eigenvalue weighted by molar-refractivity contribution is 1.07. The Hall–Kier alpha value is -0.720. The van der Waals surface area contributed by atoms with Crippen LogP contribution in [-0.2, 0) is 0 Å². The van der Waals surface area contributed by atoms with Crippen molar-refractivity contribution in [3.8, 4) is 0 Å². The van der Waals surface area contributed by atoms with E-state index in [0.29, 0.717) is 0 Å². The summed E-state index contributed by atoms with van der Waals surface area (Å²) in [7, 11) is 0. The summed E-state index contributed by atoms with van der Waals surface area (Å²) >= 11 is 0. The van der Waals surface area contributed by atoms with Crippen molar-refractivity contribution >= 4 is 0 Å². The molecule has 0 radical (unpaired) electrons. The summed E-state index contributed by atoms with van der Waals surface area (Å²) in [5.74, 6) is 0. The molecule has 1 aliphatic rings. The Balaban J connectivity index is 2.58. The van der Waals surface area contributed by atoms with Gasteiger partial charge in [-0.3, -0.25) is 0 Å². The smallest absolute Gasteiger partial charge is 0.0115 e. The Labute approximate surface area is 43.7 Å². The molecule has 0 atom stereocenters. The largest absolute Gasteiger partial charge is 0.365 e. The molecule has 1 heteroatoms. The number of hydrogen-bond donors (Lipinski definition) is 1. The zero-order valence-electron chi connectivity index (χ0n) is 4.49. The zero-order valence-corrected chi connectivity index (χ0v) is 4.49. The van der Waals surface area contributed by atoms with Crippen molar-refractivity contribution in [1.29, 1.82) is 0 Å². The van der Waals surface area contributed by atoms with Gasteiger partial charge in [0.15, 0.2) is 0 Å². The second kappa shape index (κ2) is 1.41. The quantitative estimate of drug-likeness (QED) is 0.479. The molecular weight excluding hydrogens is 86.1 g/mol. The van der Waals surface area contributed by atoms with Crippen LogP contribution in [0.15, 0.2) is 24.0 Å². The molecule has 0 fully saturated rings. The normalized spacial score (nSPS) is 19.0. The minimum absolute atomic E-state index is 1.03. The SMILES string of the molecule is C=C1CC(C)=CN1. The van der Waals surface area contributed by atoms with E-state index in [4.69, 9.17) is 0 Å². The average Bonchev–Trinajstić information content (AvgIpc) is 1.87. The minimum Gasteiger partial charge on any atom is -0.365 e. The molecule has 0 aromatic heterocycles. The molecule has 0 spiro atoms. The number of nitrogens with one attached hydrogen (secondary N) is 1. The van der Waals surface area contributed by atoms with Crippen molar-refractivity contribution in [2.45, 2.75) is 13.3 Å². The molecule has 0 bridgehead atoms. The standard InChI is InChI=1S/C6H9N/c1-5-3-6(2)7-4-5/h4,7H,2-3H2,1H3. The molecule has 0 aromatic carbocycles. The lowest BCUT2D eigenvalue weighted by Gasteiger charge is -1.88. The van der Waals surface area contributed by atoms with Crippen LogP contribution in [-0.4, -0.2) is 0 Å². The predicted molar refractivity (Wildman–Crippen MR) is 30.6 cm³/mol. The molecular formula is C6H9N. The first-order valence-corrected chi connectivity index (χ1v) is 2.39. The molecule has 0 aliphatic carbocycles. The highest BCUT2D eigenvalue weighted by Gasteiger charge is 1.99. The monoisotopic (exact) mass is 95.1 g/mol. The van der Waals surface area contributed by atoms with Gasteiger partial charge < -0.3 is 5.32 Å². The molecule has 38 valence electrons. The Kier molecular flexibility index (Phi) is 0.895. The van der Waals surface area contributed by atoms with Gasteiger partial charge in [0, 0.05) is 12.1 Å². The molecule has 7 heavy (non-hydrogen) atoms. The van der Waals surface area contributed by atoms with Gasteiger partial charge >= 0.3 is 0 Å². The van der Waals surface area contributed by atoms with Crippen LogP contribution in [0.25, 0.3) is 0 Å². The predicted octanol–water partition coefficient (Wildman–Crippen LogP) is 1.40. The van der Waals surface area contributed by atoms with Gasteiger partial charge in [-0.1, -0.05) is 12.2 Å². The van der Waals surface area contributed by atoms with Crippen molar-refractivity contribution in [1.82, 2.24) is 5.32 Å². The highest BCUT2D eigenvalue weighted by molar-refractivity contribution is 5.18. The van der Waals surface area contributed by atoms with Crippen LogP contribution in [0.4, 0.5) is 0 Å². The van der Waals surface area contributed by atoms with E-state index in [1.807, 2.05) is 6.20 Å². The number of allylic oxidation sites excluding steroid dienone is 1. The summed E-state index contributed by atoms with van der Waals surface area (Å²) in [6.07, 6.45) is 3.02. The zero-order chi connectivity index (χ0) is 5.28. The van der Waals surface area contributed by atoms with Crippen molar-refractivity contribution in [2.24, 2.45) is 0 Å². The number of rotatable bonds is 0. The summed E-state index contributed by atoms with van der Waals surface area (Å²) in [6, 6.07) is 0. The van der Waals surface area contributed by atoms with E-state index < -0.39 is 0 Å². The molecule has 0 saturated carbocycles. The van der Waals surface area contributed by atoms with Gasteiger partial charge in [0.05, 0.1) is 0 Å². The molecule has 1 aliphatic heterocycles. The molecule has 1 rings (SSSR count). The maximum absolute atomic E-state index is 3.74. The summed E-state index contributed by atoms with van der Waals surface area (Å²) in [5, 5.41) is 3.01.